The smallest absolute Gasteiger partial charge is 0.223 e. The largest absolute Gasteiger partial charge is 0.369 e. The molecule has 0 aromatic carbocycles. The molecule has 4 aliphatic carbocycles. The van der Waals surface area contributed by atoms with Gasteiger partial charge in [0.25, 0.3) is 0 Å². The van der Waals surface area contributed by atoms with Gasteiger partial charge in [-0.05, 0) is 68.6 Å². The van der Waals surface area contributed by atoms with Crippen LogP contribution in [0.1, 0.15) is 51.9 Å². The molecule has 0 radical (unpaired) electrons. The summed E-state index contributed by atoms with van der Waals surface area (Å²) in [6.45, 7) is 2.78. The Morgan fingerprint density at radius 3 is 2.14 bits per heavy atom. The van der Waals surface area contributed by atoms with Crippen LogP contribution in [0.3, 0.4) is 0 Å². The number of hydrogen-bond donors (Lipinski definition) is 1. The van der Waals surface area contributed by atoms with E-state index in [4.69, 9.17) is 5.73 Å². The minimum atomic E-state index is -0.316. The summed E-state index contributed by atoms with van der Waals surface area (Å²) in [5.41, 5.74) is 5.74. The maximum Gasteiger partial charge on any atom is 0.223 e. The molecular formula is C17H26N2O2. The van der Waals surface area contributed by atoms with E-state index in [-0.39, 0.29) is 23.8 Å². The molecule has 4 bridgehead atoms. The third kappa shape index (κ3) is 2.01. The molecule has 0 spiro atoms. The lowest BCUT2D eigenvalue weighted by atomic mass is 9.47. The van der Waals surface area contributed by atoms with Gasteiger partial charge in [0.05, 0.1) is 5.92 Å². The summed E-state index contributed by atoms with van der Waals surface area (Å²) < 4.78 is 0. The van der Waals surface area contributed by atoms with Crippen LogP contribution in [0, 0.1) is 29.1 Å². The molecule has 116 valence electrons. The highest BCUT2D eigenvalue weighted by Crippen LogP contribution is 2.62. The summed E-state index contributed by atoms with van der Waals surface area (Å²) in [6, 6.07) is 0.280. The van der Waals surface area contributed by atoms with Crippen molar-refractivity contribution in [1.29, 1.82) is 0 Å². The van der Waals surface area contributed by atoms with Gasteiger partial charge in [-0.1, -0.05) is 0 Å². The Hall–Kier alpha value is -1.06. The van der Waals surface area contributed by atoms with Crippen LogP contribution in [0.25, 0.3) is 0 Å². The van der Waals surface area contributed by atoms with Gasteiger partial charge < -0.3 is 10.6 Å². The van der Waals surface area contributed by atoms with Gasteiger partial charge >= 0.3 is 0 Å². The standard InChI is InChI=1S/C17H26N2O2/c1-10(19-9-14(16(18)21)5-15(19)20)17-6-11-2-12(7-17)4-13(3-11)8-17/h10-14H,2-9H2,1H3,(H2,18,21)/t10-,11?,12?,13?,14+,17?/m0/s1. The van der Waals surface area contributed by atoms with Crippen molar-refractivity contribution in [3.05, 3.63) is 0 Å². The molecule has 0 aromatic rings. The Labute approximate surface area is 126 Å². The van der Waals surface area contributed by atoms with E-state index in [1.807, 2.05) is 4.90 Å². The number of carbonyl (C=O) groups is 2. The second kappa shape index (κ2) is 4.47. The summed E-state index contributed by atoms with van der Waals surface area (Å²) in [7, 11) is 0. The van der Waals surface area contributed by atoms with Gasteiger partial charge in [0.15, 0.2) is 0 Å². The minimum absolute atomic E-state index is 0.141. The van der Waals surface area contributed by atoms with Gasteiger partial charge in [-0.3, -0.25) is 9.59 Å². The van der Waals surface area contributed by atoms with E-state index in [2.05, 4.69) is 6.92 Å². The molecule has 0 aromatic heterocycles. The van der Waals surface area contributed by atoms with Gasteiger partial charge in [0, 0.05) is 19.0 Å². The predicted octanol–water partition coefficient (Wildman–Crippen LogP) is 1.93. The van der Waals surface area contributed by atoms with Crippen LogP contribution in [0.2, 0.25) is 0 Å². The minimum Gasteiger partial charge on any atom is -0.369 e. The Bertz CT molecular complexity index is 452. The summed E-state index contributed by atoms with van der Waals surface area (Å²) >= 11 is 0. The SMILES string of the molecule is C[C@H](N1C[C@H](C(N)=O)CC1=O)C12CC3CC(CC(C3)C1)C2. The van der Waals surface area contributed by atoms with Crippen LogP contribution in [-0.2, 0) is 9.59 Å². The summed E-state index contributed by atoms with van der Waals surface area (Å²) in [6.07, 6.45) is 8.48. The van der Waals surface area contributed by atoms with Crippen molar-refractivity contribution in [1.82, 2.24) is 4.90 Å². The average Bonchev–Trinajstić information content (AvgIpc) is 2.78. The topological polar surface area (TPSA) is 63.4 Å². The molecular weight excluding hydrogens is 264 g/mol. The maximum atomic E-state index is 12.3. The zero-order chi connectivity index (χ0) is 14.8. The van der Waals surface area contributed by atoms with Crippen molar-refractivity contribution in [3.8, 4) is 0 Å². The molecule has 1 heterocycles. The number of likely N-dealkylation sites (tertiary alicyclic amines) is 1. The molecule has 4 nitrogen and oxygen atoms in total. The van der Waals surface area contributed by atoms with Crippen LogP contribution in [0.4, 0.5) is 0 Å². The zero-order valence-electron chi connectivity index (χ0n) is 12.9. The molecule has 1 saturated heterocycles. The number of rotatable bonds is 3. The van der Waals surface area contributed by atoms with Crippen LogP contribution in [-0.4, -0.2) is 29.3 Å². The van der Waals surface area contributed by atoms with Crippen molar-refractivity contribution in [2.75, 3.05) is 6.54 Å². The monoisotopic (exact) mass is 290 g/mol. The van der Waals surface area contributed by atoms with E-state index >= 15 is 0 Å². The first-order chi connectivity index (χ1) is 9.97. The third-order valence-corrected chi connectivity index (χ3v) is 7.00. The molecule has 1 aliphatic heterocycles. The van der Waals surface area contributed by atoms with Gasteiger partial charge in [-0.2, -0.15) is 0 Å². The molecule has 5 rings (SSSR count). The fourth-order valence-electron chi connectivity index (χ4n) is 6.32. The molecule has 5 fully saturated rings. The number of carbonyl (C=O) groups excluding carboxylic acids is 2. The van der Waals surface area contributed by atoms with Crippen molar-refractivity contribution < 1.29 is 9.59 Å². The first kappa shape index (κ1) is 13.6. The van der Waals surface area contributed by atoms with E-state index in [1.165, 1.54) is 38.5 Å². The normalized spacial score (nSPS) is 46.1. The lowest BCUT2D eigenvalue weighted by Gasteiger charge is -2.60. The molecule has 4 heteroatoms. The second-order valence-corrected chi connectivity index (χ2v) is 8.31. The molecule has 5 aliphatic rings. The lowest BCUT2D eigenvalue weighted by Crippen LogP contribution is -2.56. The highest BCUT2D eigenvalue weighted by molar-refractivity contribution is 5.88. The Balaban J connectivity index is 1.56. The fourth-order valence-corrected chi connectivity index (χ4v) is 6.32. The van der Waals surface area contributed by atoms with E-state index in [1.54, 1.807) is 0 Å². The number of nitrogens with two attached hydrogens (primary N) is 1. The van der Waals surface area contributed by atoms with Crippen LogP contribution < -0.4 is 5.73 Å². The van der Waals surface area contributed by atoms with E-state index in [0.29, 0.717) is 18.4 Å². The third-order valence-electron chi connectivity index (χ3n) is 7.00. The Morgan fingerprint density at radius 2 is 1.71 bits per heavy atom. The summed E-state index contributed by atoms with van der Waals surface area (Å²) in [5.74, 6) is 2.23. The summed E-state index contributed by atoms with van der Waals surface area (Å²) in [5, 5.41) is 0. The molecule has 2 N–H and O–H groups in total. The van der Waals surface area contributed by atoms with Crippen LogP contribution >= 0.6 is 0 Å². The molecule has 0 unspecified atom stereocenters. The predicted molar refractivity (Wildman–Crippen MR) is 79.1 cm³/mol. The molecule has 2 atom stereocenters. The second-order valence-electron chi connectivity index (χ2n) is 8.31. The zero-order valence-corrected chi connectivity index (χ0v) is 12.9. The van der Waals surface area contributed by atoms with Gasteiger partial charge in [0.1, 0.15) is 0 Å². The van der Waals surface area contributed by atoms with Crippen LogP contribution in [0.15, 0.2) is 0 Å². The van der Waals surface area contributed by atoms with Crippen molar-refractivity contribution in [3.63, 3.8) is 0 Å². The first-order valence-electron chi connectivity index (χ1n) is 8.55. The number of hydrogen-bond acceptors (Lipinski definition) is 2. The number of amides is 2. The Morgan fingerprint density at radius 1 is 1.19 bits per heavy atom. The van der Waals surface area contributed by atoms with Crippen LogP contribution in [0.5, 0.6) is 0 Å². The van der Waals surface area contributed by atoms with Gasteiger partial charge in [-0.25, -0.2) is 0 Å². The van der Waals surface area contributed by atoms with Crippen molar-refractivity contribution in [2.24, 2.45) is 34.8 Å². The molecule has 4 saturated carbocycles. The molecule has 2 amide bonds. The number of nitrogens with zero attached hydrogens (tertiary/aromatic N) is 1. The van der Waals surface area contributed by atoms with E-state index in [9.17, 15) is 9.59 Å². The van der Waals surface area contributed by atoms with Gasteiger partial charge in [-0.15, -0.1) is 0 Å². The maximum absolute atomic E-state index is 12.3. The summed E-state index contributed by atoms with van der Waals surface area (Å²) in [4.78, 5) is 25.7. The Kier molecular flexibility index (Phi) is 2.89. The highest BCUT2D eigenvalue weighted by atomic mass is 16.2. The van der Waals surface area contributed by atoms with Crippen molar-refractivity contribution >= 4 is 11.8 Å². The lowest BCUT2D eigenvalue weighted by molar-refractivity contribution is -0.140. The average molecular weight is 290 g/mol. The van der Waals surface area contributed by atoms with Gasteiger partial charge in [0.2, 0.25) is 11.8 Å². The van der Waals surface area contributed by atoms with E-state index < -0.39 is 0 Å². The number of primary amides is 1. The van der Waals surface area contributed by atoms with E-state index in [0.717, 1.165) is 17.8 Å². The molecule has 21 heavy (non-hydrogen) atoms. The first-order valence-corrected chi connectivity index (χ1v) is 8.55. The van der Waals surface area contributed by atoms with Crippen molar-refractivity contribution in [2.45, 2.75) is 57.9 Å². The quantitative estimate of drug-likeness (QED) is 0.863. The highest BCUT2D eigenvalue weighted by Gasteiger charge is 2.55. The fraction of sp³-hybridized carbons (Fsp3) is 0.882.